The number of aromatic nitrogens is 1. The largest absolute Gasteiger partial charge is 0.485 e. The van der Waals surface area contributed by atoms with Gasteiger partial charge in [-0.25, -0.2) is 0 Å². The van der Waals surface area contributed by atoms with Crippen LogP contribution in [0.15, 0.2) is 48.8 Å². The van der Waals surface area contributed by atoms with Crippen molar-refractivity contribution in [1.82, 2.24) is 15.2 Å². The Morgan fingerprint density at radius 1 is 1.17 bits per heavy atom. The van der Waals surface area contributed by atoms with Gasteiger partial charge < -0.3 is 10.1 Å². The van der Waals surface area contributed by atoms with Crippen molar-refractivity contribution in [2.24, 2.45) is 0 Å². The van der Waals surface area contributed by atoms with Gasteiger partial charge in [-0.15, -0.1) is 0 Å². The van der Waals surface area contributed by atoms with Crippen molar-refractivity contribution in [3.05, 3.63) is 59.9 Å². The highest BCUT2D eigenvalue weighted by atomic mass is 16.5. The van der Waals surface area contributed by atoms with Crippen molar-refractivity contribution >= 4 is 5.91 Å². The number of rotatable bonds is 2. The number of hydrogen-bond acceptors (Lipinski definition) is 4. The molecule has 1 aromatic heterocycles. The van der Waals surface area contributed by atoms with Crippen molar-refractivity contribution in [1.29, 1.82) is 0 Å². The number of carbonyl (C=O) groups excluding carboxylic acids is 1. The Morgan fingerprint density at radius 2 is 2.00 bits per heavy atom. The molecule has 0 radical (unpaired) electrons. The third-order valence-corrected chi connectivity index (χ3v) is 4.93. The maximum atomic E-state index is 12.2. The van der Waals surface area contributed by atoms with Gasteiger partial charge in [0.2, 0.25) is 0 Å². The van der Waals surface area contributed by atoms with Crippen LogP contribution < -0.4 is 10.1 Å². The van der Waals surface area contributed by atoms with Crippen LogP contribution >= 0.6 is 0 Å². The lowest BCUT2D eigenvalue weighted by Gasteiger charge is -2.41. The second kappa shape index (κ2) is 6.24. The van der Waals surface area contributed by atoms with Gasteiger partial charge in [-0.3, -0.25) is 14.7 Å². The van der Waals surface area contributed by atoms with Gasteiger partial charge in [0.05, 0.1) is 12.1 Å². The molecule has 2 aliphatic heterocycles. The van der Waals surface area contributed by atoms with E-state index in [2.05, 4.69) is 21.3 Å². The molecule has 1 amide bonds. The molecule has 24 heavy (non-hydrogen) atoms. The molecule has 4 rings (SSSR count). The molecule has 3 heterocycles. The van der Waals surface area contributed by atoms with Gasteiger partial charge in [0, 0.05) is 44.9 Å². The Kier molecular flexibility index (Phi) is 3.94. The Morgan fingerprint density at radius 3 is 2.79 bits per heavy atom. The van der Waals surface area contributed by atoms with Crippen LogP contribution in [0.5, 0.6) is 5.75 Å². The van der Waals surface area contributed by atoms with Crippen molar-refractivity contribution < 1.29 is 9.53 Å². The quantitative estimate of drug-likeness (QED) is 0.921. The molecule has 5 heteroatoms. The fourth-order valence-electron chi connectivity index (χ4n) is 3.50. The molecule has 1 fully saturated rings. The third-order valence-electron chi connectivity index (χ3n) is 4.93. The first-order chi connectivity index (χ1) is 11.7. The standard InChI is InChI=1S/C19H21N3O2/c23-18-16-5-1-2-6-17(16)24-19(14-21-18)7-10-22(11-8-19)13-15-4-3-9-20-12-15/h1-6,9,12H,7-8,10-11,13-14H2,(H,21,23). The molecule has 0 unspecified atom stereocenters. The van der Waals surface area contributed by atoms with Gasteiger partial charge >= 0.3 is 0 Å². The van der Waals surface area contributed by atoms with Crippen LogP contribution in [-0.2, 0) is 6.54 Å². The maximum absolute atomic E-state index is 12.2. The summed E-state index contributed by atoms with van der Waals surface area (Å²) in [6.07, 6.45) is 5.53. The molecule has 0 aliphatic carbocycles. The summed E-state index contributed by atoms with van der Waals surface area (Å²) >= 11 is 0. The number of amides is 1. The van der Waals surface area contributed by atoms with Gasteiger partial charge in [0.15, 0.2) is 0 Å². The topological polar surface area (TPSA) is 54.5 Å². The molecule has 2 aromatic rings. The van der Waals surface area contributed by atoms with E-state index in [1.165, 1.54) is 5.56 Å². The third kappa shape index (κ3) is 2.99. The number of nitrogens with zero attached hydrogens (tertiary/aromatic N) is 2. The lowest BCUT2D eigenvalue weighted by Crippen LogP contribution is -2.52. The maximum Gasteiger partial charge on any atom is 0.255 e. The van der Waals surface area contributed by atoms with Crippen LogP contribution in [0.2, 0.25) is 0 Å². The normalized spacial score (nSPS) is 19.9. The number of ether oxygens (including phenoxy) is 1. The van der Waals surface area contributed by atoms with E-state index in [0.29, 0.717) is 17.9 Å². The molecule has 1 N–H and O–H groups in total. The Hall–Kier alpha value is -2.40. The van der Waals surface area contributed by atoms with Gasteiger partial charge in [0.1, 0.15) is 11.4 Å². The molecule has 2 aliphatic rings. The average Bonchev–Trinajstić information content (AvgIpc) is 2.76. The molecule has 0 bridgehead atoms. The highest BCUT2D eigenvalue weighted by Crippen LogP contribution is 2.33. The second-order valence-electron chi connectivity index (χ2n) is 6.60. The number of hydrogen-bond donors (Lipinski definition) is 1. The van der Waals surface area contributed by atoms with E-state index in [-0.39, 0.29) is 11.5 Å². The number of para-hydroxylation sites is 1. The highest BCUT2D eigenvalue weighted by Gasteiger charge is 2.39. The number of carbonyl (C=O) groups is 1. The summed E-state index contributed by atoms with van der Waals surface area (Å²) in [5, 5.41) is 3.03. The van der Waals surface area contributed by atoms with Crippen molar-refractivity contribution in [3.63, 3.8) is 0 Å². The SMILES string of the molecule is O=C1NCC2(CCN(Cc3cccnc3)CC2)Oc2ccccc21. The van der Waals surface area contributed by atoms with Crippen LogP contribution in [-0.4, -0.2) is 41.0 Å². The number of piperidine rings is 1. The van der Waals surface area contributed by atoms with Crippen LogP contribution in [0.25, 0.3) is 0 Å². The van der Waals surface area contributed by atoms with E-state index in [4.69, 9.17) is 4.74 Å². The fourth-order valence-corrected chi connectivity index (χ4v) is 3.50. The first-order valence-corrected chi connectivity index (χ1v) is 8.42. The van der Waals surface area contributed by atoms with Gasteiger partial charge in [0.25, 0.3) is 5.91 Å². The molecule has 0 atom stereocenters. The number of nitrogens with one attached hydrogen (secondary N) is 1. The van der Waals surface area contributed by atoms with Gasteiger partial charge in [-0.1, -0.05) is 18.2 Å². The van der Waals surface area contributed by atoms with E-state index < -0.39 is 0 Å². The van der Waals surface area contributed by atoms with Crippen LogP contribution in [0.4, 0.5) is 0 Å². The van der Waals surface area contributed by atoms with Crippen molar-refractivity contribution in [3.8, 4) is 5.75 Å². The summed E-state index contributed by atoms with van der Waals surface area (Å²) in [5.41, 5.74) is 1.56. The van der Waals surface area contributed by atoms with Gasteiger partial charge in [-0.05, 0) is 23.8 Å². The summed E-state index contributed by atoms with van der Waals surface area (Å²) in [5.74, 6) is 0.661. The monoisotopic (exact) mass is 323 g/mol. The lowest BCUT2D eigenvalue weighted by atomic mass is 9.90. The molecule has 1 saturated heterocycles. The zero-order valence-electron chi connectivity index (χ0n) is 13.6. The average molecular weight is 323 g/mol. The minimum atomic E-state index is -0.298. The molecular weight excluding hydrogens is 302 g/mol. The molecule has 0 saturated carbocycles. The van der Waals surface area contributed by atoms with E-state index in [1.54, 1.807) is 6.20 Å². The predicted octanol–water partition coefficient (Wildman–Crippen LogP) is 2.24. The smallest absolute Gasteiger partial charge is 0.255 e. The van der Waals surface area contributed by atoms with Crippen molar-refractivity contribution in [2.45, 2.75) is 25.0 Å². The van der Waals surface area contributed by atoms with E-state index in [0.717, 1.165) is 32.5 Å². The zero-order valence-corrected chi connectivity index (χ0v) is 13.6. The molecule has 124 valence electrons. The minimum absolute atomic E-state index is 0.0414. The summed E-state index contributed by atoms with van der Waals surface area (Å²) in [7, 11) is 0. The Bertz CT molecular complexity index is 724. The van der Waals surface area contributed by atoms with Crippen LogP contribution in [0.3, 0.4) is 0 Å². The van der Waals surface area contributed by atoms with Crippen LogP contribution in [0.1, 0.15) is 28.8 Å². The first-order valence-electron chi connectivity index (χ1n) is 8.42. The van der Waals surface area contributed by atoms with E-state index in [9.17, 15) is 4.79 Å². The Labute approximate surface area is 141 Å². The molecule has 1 spiro atoms. The number of fused-ring (bicyclic) bond motifs is 1. The van der Waals surface area contributed by atoms with Crippen molar-refractivity contribution in [2.75, 3.05) is 19.6 Å². The highest BCUT2D eigenvalue weighted by molar-refractivity contribution is 5.97. The van der Waals surface area contributed by atoms with Crippen LogP contribution in [0, 0.1) is 0 Å². The lowest BCUT2D eigenvalue weighted by molar-refractivity contribution is 0.00393. The van der Waals surface area contributed by atoms with E-state index in [1.807, 2.05) is 36.5 Å². The summed E-state index contributed by atoms with van der Waals surface area (Å²) in [6, 6.07) is 11.6. The number of pyridine rings is 1. The predicted molar refractivity (Wildman–Crippen MR) is 90.9 cm³/mol. The fraction of sp³-hybridized carbons (Fsp3) is 0.368. The second-order valence-corrected chi connectivity index (χ2v) is 6.60. The summed E-state index contributed by atoms with van der Waals surface area (Å²) in [6.45, 7) is 3.38. The number of likely N-dealkylation sites (tertiary alicyclic amines) is 1. The molecule has 1 aromatic carbocycles. The first kappa shape index (κ1) is 15.1. The summed E-state index contributed by atoms with van der Waals surface area (Å²) < 4.78 is 6.33. The van der Waals surface area contributed by atoms with Gasteiger partial charge in [-0.2, -0.15) is 0 Å². The zero-order chi connectivity index (χ0) is 16.4. The minimum Gasteiger partial charge on any atom is -0.485 e. The number of benzene rings is 1. The van der Waals surface area contributed by atoms with E-state index >= 15 is 0 Å². The summed E-state index contributed by atoms with van der Waals surface area (Å²) in [4.78, 5) is 18.8. The molecular formula is C19H21N3O2. The molecule has 5 nitrogen and oxygen atoms in total. The Balaban J connectivity index is 1.46.